The lowest BCUT2D eigenvalue weighted by atomic mass is 10.2. The molecule has 4 rings (SSSR count). The highest BCUT2D eigenvalue weighted by atomic mass is 32.1. The molecule has 2 heterocycles. The van der Waals surface area contributed by atoms with Crippen LogP contribution in [0.3, 0.4) is 0 Å². The molecule has 118 valence electrons. The van der Waals surface area contributed by atoms with Crippen molar-refractivity contribution >= 4 is 27.9 Å². The van der Waals surface area contributed by atoms with Crippen LogP contribution in [0.2, 0.25) is 0 Å². The molecule has 0 bridgehead atoms. The number of aryl methyl sites for hydroxylation is 1. The number of aromatic nitrogens is 2. The van der Waals surface area contributed by atoms with Gasteiger partial charge in [0.05, 0.1) is 5.69 Å². The first-order chi connectivity index (χ1) is 11.7. The Bertz CT molecular complexity index is 1000. The van der Waals surface area contributed by atoms with Gasteiger partial charge in [0.2, 0.25) is 0 Å². The number of carbonyl (C=O) groups excluding carboxylic acids is 1. The molecular weight excluding hydrogens is 318 g/mol. The molecule has 2 aromatic heterocycles. The summed E-state index contributed by atoms with van der Waals surface area (Å²) in [5.74, 6) is -0.137. The van der Waals surface area contributed by atoms with E-state index in [4.69, 9.17) is 0 Å². The van der Waals surface area contributed by atoms with Crippen molar-refractivity contribution in [2.45, 2.75) is 6.92 Å². The molecule has 0 saturated heterocycles. The van der Waals surface area contributed by atoms with Gasteiger partial charge in [-0.05, 0) is 19.1 Å². The van der Waals surface area contributed by atoms with Crippen LogP contribution in [0.25, 0.3) is 16.2 Å². The molecule has 0 saturated carbocycles. The highest BCUT2D eigenvalue weighted by molar-refractivity contribution is 7.15. The van der Waals surface area contributed by atoms with E-state index in [-0.39, 0.29) is 5.91 Å². The van der Waals surface area contributed by atoms with Crippen molar-refractivity contribution in [2.24, 2.45) is 0 Å². The Hall–Kier alpha value is -2.92. The number of nitrogens with zero attached hydrogens (tertiary/aromatic N) is 2. The molecule has 24 heavy (non-hydrogen) atoms. The fourth-order valence-corrected chi connectivity index (χ4v) is 3.38. The maximum atomic E-state index is 12.6. The van der Waals surface area contributed by atoms with Crippen molar-refractivity contribution in [1.29, 1.82) is 0 Å². The second-order valence-corrected chi connectivity index (χ2v) is 6.42. The SMILES string of the molecule is Cc1ccc(NC(=O)c2csc3nc(-c4ccccc4)cn23)cc1. The minimum atomic E-state index is -0.137. The minimum absolute atomic E-state index is 0.137. The monoisotopic (exact) mass is 333 g/mol. The Morgan fingerprint density at radius 1 is 1.08 bits per heavy atom. The van der Waals surface area contributed by atoms with E-state index in [0.717, 1.165) is 27.5 Å². The smallest absolute Gasteiger partial charge is 0.273 e. The molecule has 4 nitrogen and oxygen atoms in total. The van der Waals surface area contributed by atoms with Gasteiger partial charge in [-0.1, -0.05) is 48.0 Å². The normalized spacial score (nSPS) is 10.9. The van der Waals surface area contributed by atoms with Crippen LogP contribution < -0.4 is 5.32 Å². The van der Waals surface area contributed by atoms with Crippen LogP contribution >= 0.6 is 11.3 Å². The first-order valence-electron chi connectivity index (χ1n) is 7.61. The zero-order valence-electron chi connectivity index (χ0n) is 13.1. The molecule has 0 aliphatic rings. The van der Waals surface area contributed by atoms with E-state index in [1.165, 1.54) is 11.3 Å². The second kappa shape index (κ2) is 5.94. The molecule has 0 spiro atoms. The van der Waals surface area contributed by atoms with Gasteiger partial charge >= 0.3 is 0 Å². The van der Waals surface area contributed by atoms with Crippen molar-refractivity contribution < 1.29 is 4.79 Å². The summed E-state index contributed by atoms with van der Waals surface area (Å²) in [6, 6.07) is 17.7. The molecule has 0 radical (unpaired) electrons. The van der Waals surface area contributed by atoms with Crippen LogP contribution in [0.4, 0.5) is 5.69 Å². The lowest BCUT2D eigenvalue weighted by molar-refractivity contribution is 0.102. The first kappa shape index (κ1) is 14.7. The average Bonchev–Trinajstić information content (AvgIpc) is 3.18. The number of imidazole rings is 1. The van der Waals surface area contributed by atoms with E-state index in [9.17, 15) is 4.79 Å². The Balaban J connectivity index is 1.65. The van der Waals surface area contributed by atoms with Crippen LogP contribution in [-0.4, -0.2) is 15.3 Å². The summed E-state index contributed by atoms with van der Waals surface area (Å²) in [6.45, 7) is 2.02. The van der Waals surface area contributed by atoms with Gasteiger partial charge in [-0.3, -0.25) is 9.20 Å². The number of hydrogen-bond donors (Lipinski definition) is 1. The minimum Gasteiger partial charge on any atom is -0.321 e. The lowest BCUT2D eigenvalue weighted by Crippen LogP contribution is -2.13. The third-order valence-electron chi connectivity index (χ3n) is 3.82. The Labute approximate surface area is 143 Å². The maximum Gasteiger partial charge on any atom is 0.273 e. The summed E-state index contributed by atoms with van der Waals surface area (Å²) in [4.78, 5) is 18.0. The zero-order valence-corrected chi connectivity index (χ0v) is 13.9. The van der Waals surface area contributed by atoms with Crippen LogP contribution in [-0.2, 0) is 0 Å². The average molecular weight is 333 g/mol. The molecule has 1 N–H and O–H groups in total. The number of fused-ring (bicyclic) bond motifs is 1. The fraction of sp³-hybridized carbons (Fsp3) is 0.0526. The number of nitrogens with one attached hydrogen (secondary N) is 1. The number of rotatable bonds is 3. The van der Waals surface area contributed by atoms with E-state index >= 15 is 0 Å². The maximum absolute atomic E-state index is 12.6. The van der Waals surface area contributed by atoms with Gasteiger partial charge in [0, 0.05) is 22.8 Å². The third kappa shape index (κ3) is 2.70. The van der Waals surface area contributed by atoms with Gasteiger partial charge in [-0.25, -0.2) is 4.98 Å². The quantitative estimate of drug-likeness (QED) is 0.594. The lowest BCUT2D eigenvalue weighted by Gasteiger charge is -2.04. The van der Waals surface area contributed by atoms with E-state index in [2.05, 4.69) is 10.3 Å². The van der Waals surface area contributed by atoms with Crippen LogP contribution in [0, 0.1) is 6.92 Å². The molecule has 2 aromatic carbocycles. The standard InChI is InChI=1S/C19H15N3OS/c1-13-7-9-15(10-8-13)20-18(23)17-12-24-19-21-16(11-22(17)19)14-5-3-2-4-6-14/h2-12H,1H3,(H,20,23). The number of thiazole rings is 1. The van der Waals surface area contributed by atoms with Crippen molar-refractivity contribution in [3.05, 3.63) is 77.4 Å². The highest BCUT2D eigenvalue weighted by Gasteiger charge is 2.15. The summed E-state index contributed by atoms with van der Waals surface area (Å²) in [6.07, 6.45) is 1.91. The van der Waals surface area contributed by atoms with Gasteiger partial charge < -0.3 is 5.32 Å². The highest BCUT2D eigenvalue weighted by Crippen LogP contribution is 2.24. The van der Waals surface area contributed by atoms with Crippen LogP contribution in [0.5, 0.6) is 0 Å². The van der Waals surface area contributed by atoms with Crippen molar-refractivity contribution in [1.82, 2.24) is 9.38 Å². The molecule has 0 unspecified atom stereocenters. The Kier molecular flexibility index (Phi) is 3.63. The number of amides is 1. The molecule has 0 aliphatic heterocycles. The van der Waals surface area contributed by atoms with E-state index < -0.39 is 0 Å². The van der Waals surface area contributed by atoms with E-state index in [1.807, 2.05) is 77.5 Å². The summed E-state index contributed by atoms with van der Waals surface area (Å²) >= 11 is 1.46. The van der Waals surface area contributed by atoms with Crippen LogP contribution in [0.15, 0.2) is 66.2 Å². The zero-order chi connectivity index (χ0) is 16.5. The molecule has 0 aliphatic carbocycles. The number of anilines is 1. The number of hydrogen-bond acceptors (Lipinski definition) is 3. The van der Waals surface area contributed by atoms with Gasteiger partial charge in [0.25, 0.3) is 5.91 Å². The molecule has 0 fully saturated rings. The van der Waals surface area contributed by atoms with Gasteiger partial charge in [0.15, 0.2) is 4.96 Å². The molecule has 5 heteroatoms. The number of benzene rings is 2. The predicted octanol–water partition coefficient (Wildman–Crippen LogP) is 4.62. The Morgan fingerprint density at radius 3 is 2.58 bits per heavy atom. The van der Waals surface area contributed by atoms with E-state index in [1.54, 1.807) is 0 Å². The first-order valence-corrected chi connectivity index (χ1v) is 8.49. The van der Waals surface area contributed by atoms with Crippen LogP contribution in [0.1, 0.15) is 16.1 Å². The summed E-state index contributed by atoms with van der Waals surface area (Å²) < 4.78 is 1.84. The molecule has 1 amide bonds. The third-order valence-corrected chi connectivity index (χ3v) is 4.66. The summed E-state index contributed by atoms with van der Waals surface area (Å²) in [5, 5.41) is 4.77. The summed E-state index contributed by atoms with van der Waals surface area (Å²) in [5.41, 5.74) is 4.44. The fourth-order valence-electron chi connectivity index (χ4n) is 2.53. The van der Waals surface area contributed by atoms with Crippen molar-refractivity contribution in [3.8, 4) is 11.3 Å². The van der Waals surface area contributed by atoms with Gasteiger partial charge in [-0.2, -0.15) is 0 Å². The van der Waals surface area contributed by atoms with E-state index in [0.29, 0.717) is 5.69 Å². The number of carbonyl (C=O) groups is 1. The van der Waals surface area contributed by atoms with Crippen molar-refractivity contribution in [3.63, 3.8) is 0 Å². The molecule has 0 atom stereocenters. The van der Waals surface area contributed by atoms with Crippen molar-refractivity contribution in [2.75, 3.05) is 5.32 Å². The molecular formula is C19H15N3OS. The second-order valence-electron chi connectivity index (χ2n) is 5.59. The van der Waals surface area contributed by atoms with Gasteiger partial charge in [-0.15, -0.1) is 11.3 Å². The van der Waals surface area contributed by atoms with Gasteiger partial charge in [0.1, 0.15) is 5.69 Å². The Morgan fingerprint density at radius 2 is 1.83 bits per heavy atom. The largest absolute Gasteiger partial charge is 0.321 e. The molecule has 4 aromatic rings. The summed E-state index contributed by atoms with van der Waals surface area (Å²) in [7, 11) is 0. The predicted molar refractivity (Wildman–Crippen MR) is 97.6 cm³/mol. The topological polar surface area (TPSA) is 46.4 Å².